The van der Waals surface area contributed by atoms with Gasteiger partial charge >= 0.3 is 0 Å². The molecule has 1 fully saturated rings. The number of carbonyl (C=O) groups excluding carboxylic acids is 1. The van der Waals surface area contributed by atoms with E-state index in [9.17, 15) is 4.79 Å². The van der Waals surface area contributed by atoms with Gasteiger partial charge in [-0.2, -0.15) is 5.10 Å². The molecule has 1 saturated carbocycles. The van der Waals surface area contributed by atoms with Crippen LogP contribution in [0.5, 0.6) is 11.6 Å². The van der Waals surface area contributed by atoms with Gasteiger partial charge < -0.3 is 20.1 Å². The van der Waals surface area contributed by atoms with Gasteiger partial charge in [0.2, 0.25) is 11.8 Å². The number of fused-ring (bicyclic) bond motifs is 3. The Labute approximate surface area is 183 Å². The Bertz CT molecular complexity index is 1380. The van der Waals surface area contributed by atoms with E-state index < -0.39 is 5.41 Å². The smallest absolute Gasteiger partial charge is 0.235 e. The normalized spacial score (nSPS) is 20.8. The van der Waals surface area contributed by atoms with E-state index in [1.54, 1.807) is 20.3 Å². The molecular weight excluding hydrogens is 408 g/mol. The molecule has 3 heterocycles. The molecule has 160 valence electrons. The molecular formula is C23H20N6O3. The van der Waals surface area contributed by atoms with Crippen molar-refractivity contribution in [1.82, 2.24) is 20.2 Å². The second-order valence-corrected chi connectivity index (χ2v) is 8.04. The highest BCUT2D eigenvalue weighted by Gasteiger charge is 2.65. The molecule has 9 nitrogen and oxygen atoms in total. The van der Waals surface area contributed by atoms with Crippen molar-refractivity contribution in [2.45, 2.75) is 17.8 Å². The number of hydrogen-bond acceptors (Lipinski definition) is 7. The zero-order valence-corrected chi connectivity index (χ0v) is 17.5. The van der Waals surface area contributed by atoms with Crippen LogP contribution in [0.1, 0.15) is 23.5 Å². The quantitative estimate of drug-likeness (QED) is 0.446. The molecule has 0 unspecified atom stereocenters. The van der Waals surface area contributed by atoms with E-state index in [0.29, 0.717) is 17.5 Å². The van der Waals surface area contributed by atoms with Crippen LogP contribution in [0.2, 0.25) is 0 Å². The number of carbonyl (C=O) groups is 1. The van der Waals surface area contributed by atoms with Crippen LogP contribution in [-0.2, 0) is 10.2 Å². The van der Waals surface area contributed by atoms with Crippen LogP contribution in [0.15, 0.2) is 48.8 Å². The van der Waals surface area contributed by atoms with Crippen LogP contribution in [0.4, 0.5) is 17.3 Å². The third-order valence-electron chi connectivity index (χ3n) is 6.41. The summed E-state index contributed by atoms with van der Waals surface area (Å²) in [6, 6.07) is 13.6. The Morgan fingerprint density at radius 3 is 2.84 bits per heavy atom. The summed E-state index contributed by atoms with van der Waals surface area (Å²) < 4.78 is 10.5. The Balaban J connectivity index is 1.31. The molecule has 1 aliphatic carbocycles. The van der Waals surface area contributed by atoms with Crippen LogP contribution in [0.3, 0.4) is 0 Å². The van der Waals surface area contributed by atoms with Gasteiger partial charge in [0.25, 0.3) is 0 Å². The number of ether oxygens (including phenoxy) is 2. The minimum absolute atomic E-state index is 0.0514. The van der Waals surface area contributed by atoms with Crippen LogP contribution in [-0.4, -0.2) is 40.3 Å². The number of hydrogen-bond donors (Lipinski definition) is 3. The zero-order valence-electron chi connectivity index (χ0n) is 17.5. The topological polar surface area (TPSA) is 114 Å². The van der Waals surface area contributed by atoms with E-state index in [2.05, 4.69) is 42.9 Å². The Hall–Kier alpha value is -4.14. The number of H-pyrrole nitrogens is 1. The maximum Gasteiger partial charge on any atom is 0.235 e. The SMILES string of the molecule is COc1ccc2c(c1)[C@]1(C[C@H]1c1ccc3c(Nc4cc(OC)ncn4)n[nH]c3c1)C(=O)N2. The van der Waals surface area contributed by atoms with E-state index in [0.717, 1.165) is 39.9 Å². The number of aromatic nitrogens is 4. The predicted octanol–water partition coefficient (Wildman–Crippen LogP) is 3.49. The first-order valence-electron chi connectivity index (χ1n) is 10.2. The van der Waals surface area contributed by atoms with Crippen molar-refractivity contribution < 1.29 is 14.3 Å². The zero-order chi connectivity index (χ0) is 21.9. The maximum atomic E-state index is 12.9. The van der Waals surface area contributed by atoms with Crippen molar-refractivity contribution in [2.75, 3.05) is 24.9 Å². The molecule has 2 aromatic heterocycles. The fraction of sp³-hybridized carbons (Fsp3) is 0.217. The molecule has 9 heteroatoms. The van der Waals surface area contributed by atoms with Crippen molar-refractivity contribution in [3.63, 3.8) is 0 Å². The summed E-state index contributed by atoms with van der Waals surface area (Å²) in [6.45, 7) is 0. The molecule has 6 rings (SSSR count). The molecule has 1 amide bonds. The lowest BCUT2D eigenvalue weighted by Gasteiger charge is -2.10. The van der Waals surface area contributed by atoms with Gasteiger partial charge in [-0.15, -0.1) is 0 Å². The highest BCUT2D eigenvalue weighted by molar-refractivity contribution is 6.10. The summed E-state index contributed by atoms with van der Waals surface area (Å²) >= 11 is 0. The Morgan fingerprint density at radius 1 is 1.09 bits per heavy atom. The van der Waals surface area contributed by atoms with Crippen molar-refractivity contribution in [1.29, 1.82) is 0 Å². The van der Waals surface area contributed by atoms with Gasteiger partial charge in [0.05, 0.1) is 25.2 Å². The van der Waals surface area contributed by atoms with Crippen molar-refractivity contribution >= 4 is 34.1 Å². The summed E-state index contributed by atoms with van der Waals surface area (Å²) in [4.78, 5) is 21.1. The number of methoxy groups -OCH3 is 2. The second-order valence-electron chi connectivity index (χ2n) is 8.04. The average molecular weight is 428 g/mol. The van der Waals surface area contributed by atoms with E-state index in [1.165, 1.54) is 6.33 Å². The summed E-state index contributed by atoms with van der Waals surface area (Å²) in [7, 11) is 3.19. The van der Waals surface area contributed by atoms with E-state index in [1.807, 2.05) is 24.3 Å². The van der Waals surface area contributed by atoms with E-state index >= 15 is 0 Å². The number of rotatable bonds is 5. The van der Waals surface area contributed by atoms with E-state index in [4.69, 9.17) is 9.47 Å². The van der Waals surface area contributed by atoms with E-state index in [-0.39, 0.29) is 11.8 Å². The number of amides is 1. The highest BCUT2D eigenvalue weighted by Crippen LogP contribution is 2.65. The fourth-order valence-electron chi connectivity index (χ4n) is 4.69. The lowest BCUT2D eigenvalue weighted by atomic mass is 9.91. The van der Waals surface area contributed by atoms with Gasteiger partial charge in [0.15, 0.2) is 5.82 Å². The lowest BCUT2D eigenvalue weighted by Crippen LogP contribution is -2.21. The minimum atomic E-state index is -0.532. The summed E-state index contributed by atoms with van der Waals surface area (Å²) in [6.07, 6.45) is 2.20. The summed E-state index contributed by atoms with van der Waals surface area (Å²) in [5.41, 5.74) is 3.33. The van der Waals surface area contributed by atoms with Crippen molar-refractivity contribution in [3.05, 3.63) is 59.9 Å². The molecule has 0 radical (unpaired) electrons. The standard InChI is InChI=1S/C23H20N6O3/c1-31-13-4-6-17-15(8-13)23(22(30)26-17)10-16(23)12-3-5-14-18(7-12)28-29-21(14)27-19-9-20(32-2)25-11-24-19/h3-9,11,16H,10H2,1-2H3,(H,26,30)(H2,24,25,27,28,29)/t16-,23-/m0/s1. The van der Waals surface area contributed by atoms with Crippen molar-refractivity contribution in [3.8, 4) is 11.6 Å². The monoisotopic (exact) mass is 428 g/mol. The van der Waals surface area contributed by atoms with Gasteiger partial charge in [-0.1, -0.05) is 6.07 Å². The first-order chi connectivity index (χ1) is 15.6. The van der Waals surface area contributed by atoms with Crippen LogP contribution in [0, 0.1) is 0 Å². The highest BCUT2D eigenvalue weighted by atomic mass is 16.5. The number of nitrogens with one attached hydrogen (secondary N) is 3. The third kappa shape index (κ3) is 2.64. The molecule has 32 heavy (non-hydrogen) atoms. The lowest BCUT2D eigenvalue weighted by molar-refractivity contribution is -0.118. The summed E-state index contributed by atoms with van der Waals surface area (Å²) in [5, 5.41) is 14.6. The van der Waals surface area contributed by atoms with Crippen LogP contribution in [0.25, 0.3) is 10.9 Å². The molecule has 0 bridgehead atoms. The Kier molecular flexibility index (Phi) is 3.89. The van der Waals surface area contributed by atoms with Crippen LogP contribution < -0.4 is 20.1 Å². The van der Waals surface area contributed by atoms with Gasteiger partial charge in [-0.05, 0) is 47.9 Å². The summed E-state index contributed by atoms with van der Waals surface area (Å²) in [5.74, 6) is 2.62. The first kappa shape index (κ1) is 18.6. The molecule has 0 saturated heterocycles. The van der Waals surface area contributed by atoms with Gasteiger partial charge in [-0.25, -0.2) is 9.97 Å². The van der Waals surface area contributed by atoms with Gasteiger partial charge in [0.1, 0.15) is 17.9 Å². The molecule has 3 N–H and O–H groups in total. The average Bonchev–Trinajstić information content (AvgIpc) is 3.38. The second kappa shape index (κ2) is 6.68. The molecule has 2 aliphatic rings. The molecule has 1 aliphatic heterocycles. The third-order valence-corrected chi connectivity index (χ3v) is 6.41. The fourth-order valence-corrected chi connectivity index (χ4v) is 4.69. The van der Waals surface area contributed by atoms with Gasteiger partial charge in [0, 0.05) is 23.1 Å². The predicted molar refractivity (Wildman–Crippen MR) is 119 cm³/mol. The first-order valence-corrected chi connectivity index (χ1v) is 10.2. The maximum absolute atomic E-state index is 12.9. The molecule has 2 aromatic carbocycles. The molecule has 4 aromatic rings. The number of anilines is 3. The number of nitrogens with zero attached hydrogens (tertiary/aromatic N) is 3. The Morgan fingerprint density at radius 2 is 2.00 bits per heavy atom. The number of aromatic amines is 1. The minimum Gasteiger partial charge on any atom is -0.497 e. The molecule has 1 spiro atoms. The number of benzene rings is 2. The van der Waals surface area contributed by atoms with Gasteiger partial charge in [-0.3, -0.25) is 9.89 Å². The molecule has 2 atom stereocenters. The largest absolute Gasteiger partial charge is 0.497 e. The van der Waals surface area contributed by atoms with Crippen LogP contribution >= 0.6 is 0 Å². The van der Waals surface area contributed by atoms with Crippen molar-refractivity contribution in [2.24, 2.45) is 0 Å².